The first-order valence-corrected chi connectivity index (χ1v) is 17.6. The van der Waals surface area contributed by atoms with Gasteiger partial charge in [-0.3, -0.25) is 4.79 Å². The van der Waals surface area contributed by atoms with Crippen molar-refractivity contribution in [2.75, 3.05) is 27.4 Å². The molecule has 0 aliphatic heterocycles. The van der Waals surface area contributed by atoms with Crippen LogP contribution in [0.2, 0.25) is 0 Å². The molecule has 4 saturated carbocycles. The smallest absolute Gasteiger partial charge is 0.267 e. The fourth-order valence-electron chi connectivity index (χ4n) is 8.38. The molecule has 2 aromatic carbocycles. The number of allylic oxidation sites excluding steroid dienone is 1. The van der Waals surface area contributed by atoms with Crippen LogP contribution in [0, 0.1) is 23.7 Å². The third-order valence-corrected chi connectivity index (χ3v) is 10.4. The topological polar surface area (TPSA) is 145 Å². The molecule has 4 aliphatic carbocycles. The van der Waals surface area contributed by atoms with E-state index in [-0.39, 0.29) is 30.1 Å². The molecule has 2 aromatic rings. The van der Waals surface area contributed by atoms with Gasteiger partial charge in [0, 0.05) is 13.0 Å². The predicted octanol–water partition coefficient (Wildman–Crippen LogP) is 6.00. The molecule has 1 atom stereocenters. The van der Waals surface area contributed by atoms with Crippen LogP contribution in [0.15, 0.2) is 53.2 Å². The number of carbonyl (C=O) groups is 1. The van der Waals surface area contributed by atoms with Gasteiger partial charge < -0.3 is 40.2 Å². The van der Waals surface area contributed by atoms with Crippen molar-refractivity contribution < 1.29 is 34.0 Å². The number of nitrogens with zero attached hydrogens (tertiary/aromatic N) is 1. The van der Waals surface area contributed by atoms with Crippen LogP contribution in [0.3, 0.4) is 0 Å². The SMILES string of the molecule is COc1cccc(OC)c1C(C=C(N)C(=O)NC1(C(O)OC(C)(C)C)C2CC3CC(C2)CC1C3)=Nc1ccc(OCCCO)cc1C(C)C. The zero-order chi connectivity index (χ0) is 35.5. The van der Waals surface area contributed by atoms with E-state index in [2.05, 4.69) is 19.2 Å². The Bertz CT molecular complexity index is 1490. The Morgan fingerprint density at radius 1 is 1.04 bits per heavy atom. The average molecular weight is 678 g/mol. The maximum Gasteiger partial charge on any atom is 0.267 e. The number of amides is 1. The first-order chi connectivity index (χ1) is 23.3. The van der Waals surface area contributed by atoms with E-state index in [0.717, 1.165) is 31.2 Å². The number of aliphatic hydroxyl groups excluding tert-OH is 2. The monoisotopic (exact) mass is 677 g/mol. The summed E-state index contributed by atoms with van der Waals surface area (Å²) in [5.74, 6) is 2.70. The van der Waals surface area contributed by atoms with Crippen LogP contribution in [0.5, 0.6) is 17.2 Å². The van der Waals surface area contributed by atoms with E-state index in [1.165, 1.54) is 6.42 Å². The molecular formula is C39H55N3O7. The minimum absolute atomic E-state index is 0.0525. The summed E-state index contributed by atoms with van der Waals surface area (Å²) in [4.78, 5) is 19.4. The highest BCUT2D eigenvalue weighted by atomic mass is 16.6. The Balaban J connectivity index is 1.57. The van der Waals surface area contributed by atoms with Crippen LogP contribution in [0.1, 0.15) is 90.2 Å². The molecule has 0 aromatic heterocycles. The van der Waals surface area contributed by atoms with Gasteiger partial charge in [0.1, 0.15) is 17.2 Å². The second-order valence-corrected chi connectivity index (χ2v) is 15.2. The van der Waals surface area contributed by atoms with Gasteiger partial charge in [-0.05, 0) is 124 Å². The van der Waals surface area contributed by atoms with Gasteiger partial charge >= 0.3 is 0 Å². The van der Waals surface area contributed by atoms with Crippen LogP contribution >= 0.6 is 0 Å². The lowest BCUT2D eigenvalue weighted by Gasteiger charge is -2.62. The molecule has 6 rings (SSSR count). The number of carbonyl (C=O) groups excluding carboxylic acids is 1. The standard InChI is InChI=1S/C39H55N3O7/c1-23(2)29-21-28(48-15-9-14-43)12-13-31(29)41-32(35-33(46-6)10-8-11-34(35)47-7)22-30(40)36(44)42-39(37(45)49-38(3,4)5)26-17-24-16-25(19-26)20-27(39)18-24/h8,10-13,21-27,37,43,45H,9,14-20,40H2,1-7H3,(H,42,44). The van der Waals surface area contributed by atoms with Crippen LogP contribution < -0.4 is 25.3 Å². The molecule has 5 N–H and O–H groups in total. The van der Waals surface area contributed by atoms with E-state index in [1.54, 1.807) is 20.3 Å². The highest BCUT2D eigenvalue weighted by Gasteiger charge is 2.62. The van der Waals surface area contributed by atoms with Crippen molar-refractivity contribution in [2.45, 2.75) is 96.5 Å². The van der Waals surface area contributed by atoms with E-state index in [1.807, 2.05) is 57.2 Å². The quantitative estimate of drug-likeness (QED) is 0.0826. The van der Waals surface area contributed by atoms with Gasteiger partial charge in [-0.2, -0.15) is 0 Å². The first kappa shape index (κ1) is 36.7. The van der Waals surface area contributed by atoms with Crippen LogP contribution in [0.25, 0.3) is 0 Å². The van der Waals surface area contributed by atoms with E-state index >= 15 is 0 Å². The van der Waals surface area contributed by atoms with Crippen molar-refractivity contribution in [3.05, 3.63) is 59.3 Å². The number of aliphatic hydroxyl groups is 2. The lowest BCUT2D eigenvalue weighted by Crippen LogP contribution is -2.72. The molecule has 4 aliphatic rings. The van der Waals surface area contributed by atoms with E-state index in [0.29, 0.717) is 59.1 Å². The molecule has 0 heterocycles. The molecule has 10 heteroatoms. The number of hydrogen-bond acceptors (Lipinski definition) is 9. The fraction of sp³-hybridized carbons (Fsp3) is 0.590. The molecule has 10 nitrogen and oxygen atoms in total. The number of nitrogens with one attached hydrogen (secondary N) is 1. The van der Waals surface area contributed by atoms with E-state index < -0.39 is 23.3 Å². The molecule has 4 fully saturated rings. The summed E-state index contributed by atoms with van der Waals surface area (Å²) in [5.41, 5.74) is 7.60. The van der Waals surface area contributed by atoms with Crippen molar-refractivity contribution in [1.29, 1.82) is 0 Å². The number of benzene rings is 2. The minimum Gasteiger partial charge on any atom is -0.496 e. The molecule has 4 bridgehead atoms. The number of methoxy groups -OCH3 is 2. The zero-order valence-electron chi connectivity index (χ0n) is 30.1. The van der Waals surface area contributed by atoms with Crippen molar-refractivity contribution in [3.8, 4) is 17.2 Å². The maximum atomic E-state index is 14.3. The summed E-state index contributed by atoms with van der Waals surface area (Å²) < 4.78 is 23.6. The first-order valence-electron chi connectivity index (χ1n) is 17.6. The summed E-state index contributed by atoms with van der Waals surface area (Å²) in [6.45, 7) is 10.3. The minimum atomic E-state index is -1.19. The number of rotatable bonds is 14. The number of ether oxygens (including phenoxy) is 4. The normalized spacial score (nSPS) is 25.8. The van der Waals surface area contributed by atoms with Gasteiger partial charge in [0.15, 0.2) is 6.29 Å². The van der Waals surface area contributed by atoms with Gasteiger partial charge in [0.2, 0.25) is 0 Å². The summed E-state index contributed by atoms with van der Waals surface area (Å²) in [7, 11) is 3.14. The van der Waals surface area contributed by atoms with Crippen LogP contribution in [-0.2, 0) is 9.53 Å². The third kappa shape index (κ3) is 7.92. The Kier molecular flexibility index (Phi) is 11.3. The summed E-state index contributed by atoms with van der Waals surface area (Å²) in [6, 6.07) is 11.1. The average Bonchev–Trinajstić information content (AvgIpc) is 3.04. The predicted molar refractivity (Wildman–Crippen MR) is 191 cm³/mol. The zero-order valence-corrected chi connectivity index (χ0v) is 30.1. The third-order valence-electron chi connectivity index (χ3n) is 10.4. The summed E-state index contributed by atoms with van der Waals surface area (Å²) >= 11 is 0. The van der Waals surface area contributed by atoms with Gasteiger partial charge in [0.05, 0.1) is 54.6 Å². The molecule has 268 valence electrons. The van der Waals surface area contributed by atoms with Gasteiger partial charge in [-0.15, -0.1) is 0 Å². The molecule has 49 heavy (non-hydrogen) atoms. The van der Waals surface area contributed by atoms with Crippen molar-refractivity contribution in [3.63, 3.8) is 0 Å². The van der Waals surface area contributed by atoms with E-state index in [9.17, 15) is 15.0 Å². The Morgan fingerprint density at radius 3 is 2.18 bits per heavy atom. The Morgan fingerprint density at radius 2 is 1.65 bits per heavy atom. The Hall–Kier alpha value is -3.60. The number of aliphatic imine (C=N–C) groups is 1. The van der Waals surface area contributed by atoms with Gasteiger partial charge in [-0.1, -0.05) is 19.9 Å². The van der Waals surface area contributed by atoms with Gasteiger partial charge in [0.25, 0.3) is 5.91 Å². The van der Waals surface area contributed by atoms with Gasteiger partial charge in [-0.25, -0.2) is 4.99 Å². The Labute approximate surface area is 291 Å². The highest BCUT2D eigenvalue weighted by Crippen LogP contribution is 2.59. The molecule has 0 spiro atoms. The largest absolute Gasteiger partial charge is 0.496 e. The van der Waals surface area contributed by atoms with Crippen LogP contribution in [-0.4, -0.2) is 66.7 Å². The van der Waals surface area contributed by atoms with E-state index in [4.69, 9.17) is 29.7 Å². The van der Waals surface area contributed by atoms with Crippen molar-refractivity contribution >= 4 is 17.3 Å². The number of hydrogen-bond donors (Lipinski definition) is 4. The lowest BCUT2D eigenvalue weighted by molar-refractivity contribution is -0.253. The summed E-state index contributed by atoms with van der Waals surface area (Å²) in [6.07, 6.45) is 5.93. The maximum absolute atomic E-state index is 14.3. The molecule has 0 saturated heterocycles. The summed E-state index contributed by atoms with van der Waals surface area (Å²) in [5, 5.41) is 24.2. The molecule has 1 amide bonds. The van der Waals surface area contributed by atoms with Crippen molar-refractivity contribution in [1.82, 2.24) is 5.32 Å². The fourth-order valence-corrected chi connectivity index (χ4v) is 8.38. The molecule has 0 radical (unpaired) electrons. The highest BCUT2D eigenvalue weighted by molar-refractivity contribution is 6.16. The second-order valence-electron chi connectivity index (χ2n) is 15.2. The molecule has 1 unspecified atom stereocenters. The van der Waals surface area contributed by atoms with Crippen LogP contribution in [0.4, 0.5) is 5.69 Å². The van der Waals surface area contributed by atoms with Crippen molar-refractivity contribution in [2.24, 2.45) is 34.4 Å². The second kappa shape index (κ2) is 15.1. The molecular weight excluding hydrogens is 622 g/mol. The number of nitrogens with two attached hydrogens (primary N) is 1. The lowest BCUT2D eigenvalue weighted by atomic mass is 9.48.